The van der Waals surface area contributed by atoms with E-state index in [1.54, 1.807) is 24.4 Å². The topological polar surface area (TPSA) is 141 Å². The fourth-order valence-electron chi connectivity index (χ4n) is 5.57. The number of carbonyl (C=O) groups excluding carboxylic acids is 2. The average molecular weight is 684 g/mol. The van der Waals surface area contributed by atoms with Gasteiger partial charge in [-0.1, -0.05) is 18.0 Å². The number of pyridine rings is 1. The quantitative estimate of drug-likeness (QED) is 0.104. The lowest BCUT2D eigenvalue weighted by molar-refractivity contribution is -0.614. The van der Waals surface area contributed by atoms with Gasteiger partial charge in [0.05, 0.1) is 58.3 Å². The molecule has 2 bridgehead atoms. The predicted octanol–water partition coefficient (Wildman–Crippen LogP) is 7.20. The van der Waals surface area contributed by atoms with Gasteiger partial charge in [0.25, 0.3) is 0 Å². The van der Waals surface area contributed by atoms with Gasteiger partial charge in [0.2, 0.25) is 11.6 Å². The Bertz CT molecular complexity index is 2030. The molecule has 0 saturated carbocycles. The number of hydrogen-bond acceptors (Lipinski definition) is 6. The number of halogens is 5. The van der Waals surface area contributed by atoms with Gasteiger partial charge in [-0.3, -0.25) is 10.1 Å². The van der Waals surface area contributed by atoms with E-state index in [4.69, 9.17) is 11.6 Å². The van der Waals surface area contributed by atoms with Gasteiger partial charge in [0, 0.05) is 29.9 Å². The number of nitrogens with one attached hydrogen (secondary N) is 3. The molecular weight excluding hydrogens is 658 g/mol. The van der Waals surface area contributed by atoms with Crippen molar-refractivity contribution >= 4 is 35.0 Å². The summed E-state index contributed by atoms with van der Waals surface area (Å²) in [5.41, 5.74) is 0.961. The molecule has 3 N–H and O–H groups in total. The molecule has 16 heteroatoms. The highest BCUT2D eigenvalue weighted by Gasteiger charge is 2.33. The minimum Gasteiger partial charge on any atom is -0.618 e. The second-order valence-electron chi connectivity index (χ2n) is 11.0. The first-order valence-electron chi connectivity index (χ1n) is 14.6. The number of aromatic nitrogens is 5. The van der Waals surface area contributed by atoms with E-state index >= 15 is 4.39 Å². The van der Waals surface area contributed by atoms with Crippen LogP contribution in [0.3, 0.4) is 0 Å². The van der Waals surface area contributed by atoms with Crippen molar-refractivity contribution < 1.29 is 36.6 Å². The second-order valence-corrected chi connectivity index (χ2v) is 11.4. The molecule has 0 aliphatic carbocycles. The van der Waals surface area contributed by atoms with Crippen LogP contribution in [-0.4, -0.2) is 38.9 Å². The SMILES string of the molecule is COC(=O)Nc1ccc2c(c1)NC(=O)CCCCC(c1ccc(-c3c(-n4cc(C(F)(F)F)cn4)ccc(Cl)c3F)c[n+]1[O-])c1ncc-2[nH]1. The Kier molecular flexibility index (Phi) is 8.79. The van der Waals surface area contributed by atoms with Crippen molar-refractivity contribution in [2.24, 2.45) is 0 Å². The minimum atomic E-state index is -4.67. The van der Waals surface area contributed by atoms with Crippen molar-refractivity contribution in [1.29, 1.82) is 0 Å². The number of H-pyrrole nitrogens is 1. The molecule has 48 heavy (non-hydrogen) atoms. The number of imidazole rings is 1. The standard InChI is InChI=1S/C32H26ClF4N7O4/c1-48-31(46)40-19-7-8-20-23(12-19)41-27(45)5-3-2-4-21(30-38-14-24(20)42-30)25-10-6-17(15-44(25)47)28-26(11-9-22(33)29(28)34)43-16-18(13-39-43)32(35,36)37/h6-16,21H,2-5H2,1H3,(H,38,42)(H,40,46)(H,41,45). The molecule has 0 fully saturated rings. The van der Waals surface area contributed by atoms with Crippen LogP contribution in [0.25, 0.3) is 28.1 Å². The maximum absolute atomic E-state index is 15.5. The number of fused-ring (bicyclic) bond motifs is 4. The predicted molar refractivity (Wildman–Crippen MR) is 167 cm³/mol. The van der Waals surface area contributed by atoms with Crippen LogP contribution in [0.4, 0.5) is 33.7 Å². The maximum atomic E-state index is 15.5. The lowest BCUT2D eigenvalue weighted by Crippen LogP contribution is -2.34. The Morgan fingerprint density at radius 2 is 1.98 bits per heavy atom. The van der Waals surface area contributed by atoms with Gasteiger partial charge in [-0.05, 0) is 49.2 Å². The fraction of sp³-hybridized carbons (Fsp3) is 0.219. The van der Waals surface area contributed by atoms with E-state index in [9.17, 15) is 28.0 Å². The normalized spacial score (nSPS) is 15.1. The van der Waals surface area contributed by atoms with Gasteiger partial charge in [-0.15, -0.1) is 0 Å². The van der Waals surface area contributed by atoms with Crippen LogP contribution in [0.5, 0.6) is 0 Å². The summed E-state index contributed by atoms with van der Waals surface area (Å²) in [6.45, 7) is 0. The molecule has 11 nitrogen and oxygen atoms in total. The number of methoxy groups -OCH3 is 1. The van der Waals surface area contributed by atoms with Gasteiger partial charge in [0.15, 0.2) is 12.0 Å². The number of anilines is 2. The molecular formula is C32H26ClF4N7O4. The van der Waals surface area contributed by atoms with Gasteiger partial charge in [-0.2, -0.15) is 23.0 Å². The number of ether oxygens (including phenoxy) is 1. The third-order valence-corrected chi connectivity index (χ3v) is 8.20. The molecule has 0 radical (unpaired) electrons. The molecule has 1 aliphatic rings. The minimum absolute atomic E-state index is 0.0521. The summed E-state index contributed by atoms with van der Waals surface area (Å²) >= 11 is 6.06. The lowest BCUT2D eigenvalue weighted by Gasteiger charge is -2.18. The molecule has 1 atom stereocenters. The molecule has 2 amide bonds. The Balaban J connectivity index is 1.38. The van der Waals surface area contributed by atoms with Crippen LogP contribution in [-0.2, 0) is 15.7 Å². The fourth-order valence-corrected chi connectivity index (χ4v) is 5.73. The molecule has 5 aromatic rings. The van der Waals surface area contributed by atoms with E-state index < -0.39 is 29.6 Å². The zero-order valence-corrected chi connectivity index (χ0v) is 25.8. The zero-order chi connectivity index (χ0) is 34.2. The van der Waals surface area contributed by atoms with Crippen LogP contribution in [0, 0.1) is 11.0 Å². The van der Waals surface area contributed by atoms with Crippen LogP contribution in [0.1, 0.15) is 48.7 Å². The third kappa shape index (κ3) is 6.53. The molecule has 6 rings (SSSR count). The van der Waals surface area contributed by atoms with Crippen molar-refractivity contribution in [1.82, 2.24) is 19.7 Å². The van der Waals surface area contributed by atoms with E-state index in [1.807, 2.05) is 0 Å². The molecule has 1 unspecified atom stereocenters. The van der Waals surface area contributed by atoms with Crippen molar-refractivity contribution in [3.63, 3.8) is 0 Å². The summed E-state index contributed by atoms with van der Waals surface area (Å²) in [6.07, 6.45) is 0.341. The summed E-state index contributed by atoms with van der Waals surface area (Å²) in [7, 11) is 1.23. The monoisotopic (exact) mass is 683 g/mol. The summed E-state index contributed by atoms with van der Waals surface area (Å²) < 4.78 is 61.4. The van der Waals surface area contributed by atoms with Crippen molar-refractivity contribution in [2.45, 2.75) is 37.8 Å². The van der Waals surface area contributed by atoms with E-state index in [1.165, 1.54) is 31.4 Å². The number of alkyl halides is 3. The largest absolute Gasteiger partial charge is 0.618 e. The highest BCUT2D eigenvalue weighted by atomic mass is 35.5. The van der Waals surface area contributed by atoms with Crippen molar-refractivity contribution in [2.75, 3.05) is 17.7 Å². The van der Waals surface area contributed by atoms with Crippen LogP contribution >= 0.6 is 11.6 Å². The van der Waals surface area contributed by atoms with Crippen LogP contribution in [0.15, 0.2) is 67.3 Å². The average Bonchev–Trinajstić information content (AvgIpc) is 3.74. The van der Waals surface area contributed by atoms with Crippen molar-refractivity contribution in [3.8, 4) is 28.1 Å². The highest BCUT2D eigenvalue weighted by molar-refractivity contribution is 6.31. The zero-order valence-electron chi connectivity index (χ0n) is 25.1. The maximum Gasteiger partial charge on any atom is 0.419 e. The Labute approximate surface area is 275 Å². The number of hydrogen-bond donors (Lipinski definition) is 3. The summed E-state index contributed by atoms with van der Waals surface area (Å²) in [4.78, 5) is 32.4. The van der Waals surface area contributed by atoms with Gasteiger partial charge < -0.3 is 20.2 Å². The molecule has 1 aliphatic heterocycles. The van der Waals surface area contributed by atoms with E-state index in [-0.39, 0.29) is 39.9 Å². The van der Waals surface area contributed by atoms with Gasteiger partial charge in [-0.25, -0.2) is 18.9 Å². The van der Waals surface area contributed by atoms with Gasteiger partial charge in [0.1, 0.15) is 11.7 Å². The van der Waals surface area contributed by atoms with E-state index in [0.29, 0.717) is 58.6 Å². The summed E-state index contributed by atoms with van der Waals surface area (Å²) in [5, 5.41) is 22.5. The molecule has 248 valence electrons. The second kappa shape index (κ2) is 13.0. The first kappa shape index (κ1) is 32.5. The summed E-state index contributed by atoms with van der Waals surface area (Å²) in [6, 6.07) is 10.4. The number of nitrogens with zero attached hydrogens (tertiary/aromatic N) is 4. The number of benzene rings is 2. The van der Waals surface area contributed by atoms with Gasteiger partial charge >= 0.3 is 12.3 Å². The molecule has 0 saturated heterocycles. The van der Waals surface area contributed by atoms with E-state index in [0.717, 1.165) is 17.1 Å². The van der Waals surface area contributed by atoms with Crippen LogP contribution in [0.2, 0.25) is 5.02 Å². The number of carbonyl (C=O) groups is 2. The first-order valence-corrected chi connectivity index (χ1v) is 15.0. The lowest BCUT2D eigenvalue weighted by atomic mass is 9.94. The Morgan fingerprint density at radius 3 is 2.71 bits per heavy atom. The van der Waals surface area contributed by atoms with Crippen molar-refractivity contribution in [3.05, 3.63) is 100 Å². The Hall–Kier alpha value is -5.44. The summed E-state index contributed by atoms with van der Waals surface area (Å²) in [5.74, 6) is -1.29. The van der Waals surface area contributed by atoms with Crippen LogP contribution < -0.4 is 15.4 Å². The molecule has 2 aromatic carbocycles. The molecule has 3 aromatic heterocycles. The number of rotatable bonds is 4. The first-order chi connectivity index (χ1) is 22.9. The van der Waals surface area contributed by atoms with E-state index in [2.05, 4.69) is 30.4 Å². The highest BCUT2D eigenvalue weighted by Crippen LogP contribution is 2.37. The molecule has 4 heterocycles. The molecule has 0 spiro atoms. The Morgan fingerprint density at radius 1 is 1.17 bits per heavy atom. The number of amides is 2. The smallest absolute Gasteiger partial charge is 0.419 e. The third-order valence-electron chi connectivity index (χ3n) is 7.91. The number of aromatic amines is 1.